The zero-order valence-electron chi connectivity index (χ0n) is 11.5. The monoisotopic (exact) mass is 283 g/mol. The summed E-state index contributed by atoms with van der Waals surface area (Å²) in [6.45, 7) is 5.70. The van der Waals surface area contributed by atoms with E-state index in [1.807, 2.05) is 38.1 Å². The average molecular weight is 283 g/mol. The van der Waals surface area contributed by atoms with E-state index in [2.05, 4.69) is 0 Å². The Balaban J connectivity index is 2.35. The molecule has 1 heterocycles. The van der Waals surface area contributed by atoms with Crippen molar-refractivity contribution in [3.8, 4) is 5.75 Å². The lowest BCUT2D eigenvalue weighted by atomic mass is 10.0. The lowest BCUT2D eigenvalue weighted by molar-refractivity contribution is 0.269. The van der Waals surface area contributed by atoms with Crippen molar-refractivity contribution in [1.29, 1.82) is 0 Å². The highest BCUT2D eigenvalue weighted by Crippen LogP contribution is 2.35. The molecule has 4 nitrogen and oxygen atoms in total. The molecule has 2 rings (SSSR count). The van der Waals surface area contributed by atoms with Gasteiger partial charge in [-0.25, -0.2) is 8.42 Å². The number of hydrogen-bond donors (Lipinski definition) is 1. The van der Waals surface area contributed by atoms with Crippen molar-refractivity contribution in [2.45, 2.75) is 37.3 Å². The molecule has 0 amide bonds. The van der Waals surface area contributed by atoms with Gasteiger partial charge in [-0.05, 0) is 18.9 Å². The van der Waals surface area contributed by atoms with Crippen LogP contribution in [-0.2, 0) is 9.84 Å². The fourth-order valence-electron chi connectivity index (χ4n) is 2.32. The molecule has 5 heteroatoms. The molecule has 0 fully saturated rings. The first-order chi connectivity index (χ1) is 8.85. The molecule has 1 aromatic rings. The zero-order chi connectivity index (χ0) is 14.2. The second-order valence-corrected chi connectivity index (χ2v) is 7.98. The Morgan fingerprint density at radius 1 is 1.26 bits per heavy atom. The van der Waals surface area contributed by atoms with Gasteiger partial charge < -0.3 is 10.5 Å². The van der Waals surface area contributed by atoms with Crippen LogP contribution in [0.1, 0.15) is 32.4 Å². The van der Waals surface area contributed by atoms with Gasteiger partial charge in [-0.1, -0.05) is 32.0 Å². The number of hydrogen-bond acceptors (Lipinski definition) is 4. The van der Waals surface area contributed by atoms with Crippen molar-refractivity contribution in [3.63, 3.8) is 0 Å². The molecule has 2 N–H and O–H groups in total. The fraction of sp³-hybridized carbons (Fsp3) is 0.571. The maximum atomic E-state index is 12.6. The number of sulfone groups is 1. The van der Waals surface area contributed by atoms with Crippen LogP contribution in [0.25, 0.3) is 0 Å². The third kappa shape index (κ3) is 2.49. The molecule has 3 unspecified atom stereocenters. The number of rotatable bonds is 3. The topological polar surface area (TPSA) is 69.4 Å². The number of benzene rings is 1. The molecule has 0 aromatic heterocycles. The average Bonchev–Trinajstić information content (AvgIpc) is 2.38. The smallest absolute Gasteiger partial charge is 0.161 e. The van der Waals surface area contributed by atoms with Gasteiger partial charge in [-0.15, -0.1) is 0 Å². The van der Waals surface area contributed by atoms with E-state index in [9.17, 15) is 8.42 Å². The highest BCUT2D eigenvalue weighted by atomic mass is 32.2. The first kappa shape index (κ1) is 14.3. The van der Waals surface area contributed by atoms with Gasteiger partial charge in [0.2, 0.25) is 0 Å². The van der Waals surface area contributed by atoms with Gasteiger partial charge in [0.05, 0.1) is 11.3 Å². The highest BCUT2D eigenvalue weighted by Gasteiger charge is 2.41. The molecule has 0 radical (unpaired) electrons. The minimum Gasteiger partial charge on any atom is -0.492 e. The first-order valence-corrected chi connectivity index (χ1v) is 8.16. The van der Waals surface area contributed by atoms with Gasteiger partial charge in [0.1, 0.15) is 17.6 Å². The highest BCUT2D eigenvalue weighted by molar-refractivity contribution is 7.92. The van der Waals surface area contributed by atoms with E-state index in [0.717, 1.165) is 5.56 Å². The van der Waals surface area contributed by atoms with Crippen LogP contribution in [-0.4, -0.2) is 25.5 Å². The predicted octanol–water partition coefficient (Wildman–Crippen LogP) is 1.91. The summed E-state index contributed by atoms with van der Waals surface area (Å²) in [5.41, 5.74) is 6.93. The third-order valence-electron chi connectivity index (χ3n) is 3.96. The molecule has 0 aliphatic carbocycles. The molecule has 1 aliphatic heterocycles. The summed E-state index contributed by atoms with van der Waals surface area (Å²) in [4.78, 5) is 0. The molecule has 0 saturated heterocycles. The number of fused-ring (bicyclic) bond motifs is 1. The quantitative estimate of drug-likeness (QED) is 0.920. The predicted molar refractivity (Wildman–Crippen MR) is 75.9 cm³/mol. The largest absolute Gasteiger partial charge is 0.492 e. The van der Waals surface area contributed by atoms with Crippen LogP contribution in [0.4, 0.5) is 0 Å². The molecule has 1 aliphatic rings. The van der Waals surface area contributed by atoms with Crippen molar-refractivity contribution in [1.82, 2.24) is 0 Å². The Morgan fingerprint density at radius 3 is 2.53 bits per heavy atom. The molecule has 19 heavy (non-hydrogen) atoms. The second kappa shape index (κ2) is 5.13. The molecule has 0 saturated carbocycles. The summed E-state index contributed by atoms with van der Waals surface area (Å²) >= 11 is 0. The molecule has 0 spiro atoms. The van der Waals surface area contributed by atoms with Crippen LogP contribution < -0.4 is 10.5 Å². The summed E-state index contributed by atoms with van der Waals surface area (Å²) < 4.78 is 30.7. The molecule has 0 bridgehead atoms. The van der Waals surface area contributed by atoms with Gasteiger partial charge >= 0.3 is 0 Å². The maximum Gasteiger partial charge on any atom is 0.161 e. The normalized spacial score (nSPS) is 24.7. The van der Waals surface area contributed by atoms with E-state index in [1.165, 1.54) is 0 Å². The van der Waals surface area contributed by atoms with Crippen LogP contribution in [0.3, 0.4) is 0 Å². The van der Waals surface area contributed by atoms with Crippen molar-refractivity contribution in [2.75, 3.05) is 6.61 Å². The van der Waals surface area contributed by atoms with Crippen LogP contribution >= 0.6 is 0 Å². The molecular formula is C14H21NO3S. The van der Waals surface area contributed by atoms with E-state index in [0.29, 0.717) is 5.75 Å². The van der Waals surface area contributed by atoms with E-state index >= 15 is 0 Å². The van der Waals surface area contributed by atoms with Gasteiger partial charge in [-0.2, -0.15) is 0 Å². The number of ether oxygens (including phenoxy) is 1. The summed E-state index contributed by atoms with van der Waals surface area (Å²) in [7, 11) is -3.30. The Kier molecular flexibility index (Phi) is 3.87. The van der Waals surface area contributed by atoms with Crippen LogP contribution in [0.2, 0.25) is 0 Å². The number of para-hydroxylation sites is 1. The van der Waals surface area contributed by atoms with E-state index in [4.69, 9.17) is 10.5 Å². The van der Waals surface area contributed by atoms with E-state index in [-0.39, 0.29) is 12.5 Å². The van der Waals surface area contributed by atoms with Crippen molar-refractivity contribution < 1.29 is 13.2 Å². The maximum absolute atomic E-state index is 12.6. The van der Waals surface area contributed by atoms with E-state index < -0.39 is 26.4 Å². The molecule has 106 valence electrons. The Hall–Kier alpha value is -1.07. The summed E-state index contributed by atoms with van der Waals surface area (Å²) in [5, 5.41) is -1.09. The fourth-order valence-corrected chi connectivity index (χ4v) is 4.44. The Morgan fingerprint density at radius 2 is 1.89 bits per heavy atom. The Bertz CT molecular complexity index is 554. The summed E-state index contributed by atoms with van der Waals surface area (Å²) in [5.74, 6) is 0.757. The summed E-state index contributed by atoms with van der Waals surface area (Å²) in [6, 6.07) is 6.85. The van der Waals surface area contributed by atoms with E-state index in [1.54, 1.807) is 6.92 Å². The van der Waals surface area contributed by atoms with Crippen LogP contribution in [0.5, 0.6) is 5.75 Å². The van der Waals surface area contributed by atoms with Crippen molar-refractivity contribution in [2.24, 2.45) is 11.7 Å². The number of nitrogens with two attached hydrogens (primary N) is 1. The minimum atomic E-state index is -3.30. The van der Waals surface area contributed by atoms with Gasteiger partial charge in [0.25, 0.3) is 0 Å². The molecule has 1 aromatic carbocycles. The summed E-state index contributed by atoms with van der Waals surface area (Å²) in [6.07, 6.45) is 0. The van der Waals surface area contributed by atoms with Gasteiger partial charge in [0, 0.05) is 5.56 Å². The lowest BCUT2D eigenvalue weighted by Crippen LogP contribution is -2.46. The first-order valence-electron chi connectivity index (χ1n) is 6.55. The SMILES string of the molecule is CC(C)C(C)S(=O)(=O)C1COc2ccccc2C1N. The minimum absolute atomic E-state index is 0.0642. The zero-order valence-corrected chi connectivity index (χ0v) is 12.4. The van der Waals surface area contributed by atoms with Crippen LogP contribution in [0.15, 0.2) is 24.3 Å². The standard InChI is InChI=1S/C14H21NO3S/c1-9(2)10(3)19(16,17)13-8-18-12-7-5-4-6-11(12)14(13)15/h4-7,9-10,13-14H,8,15H2,1-3H3. The van der Waals surface area contributed by atoms with Gasteiger partial charge in [-0.3, -0.25) is 0 Å². The Labute approximate surface area is 114 Å². The third-order valence-corrected chi connectivity index (χ3v) is 6.81. The van der Waals surface area contributed by atoms with Gasteiger partial charge in [0.15, 0.2) is 9.84 Å². The van der Waals surface area contributed by atoms with Crippen molar-refractivity contribution in [3.05, 3.63) is 29.8 Å². The molecular weight excluding hydrogens is 262 g/mol. The van der Waals surface area contributed by atoms with Crippen LogP contribution in [0, 0.1) is 5.92 Å². The molecule has 3 atom stereocenters. The van der Waals surface area contributed by atoms with Crippen molar-refractivity contribution >= 4 is 9.84 Å². The lowest BCUT2D eigenvalue weighted by Gasteiger charge is -2.33. The second-order valence-electron chi connectivity index (χ2n) is 5.45.